The molecule has 0 radical (unpaired) electrons. The van der Waals surface area contributed by atoms with Gasteiger partial charge in [-0.3, -0.25) is 0 Å². The van der Waals surface area contributed by atoms with E-state index in [1.165, 1.54) is 5.52 Å². The van der Waals surface area contributed by atoms with E-state index < -0.39 is 0 Å². The molecule has 0 amide bonds. The number of para-hydroxylation sites is 2. The smallest absolute Gasteiger partial charge is 0.126 e. The minimum absolute atomic E-state index is 0.264. The zero-order chi connectivity index (χ0) is 13.3. The first kappa shape index (κ1) is 13.1. The minimum Gasteiger partial charge on any atom is -0.330 e. The van der Waals surface area contributed by atoms with Gasteiger partial charge in [0, 0.05) is 13.1 Å². The number of hydrogen-bond donors (Lipinski definition) is 1. The van der Waals surface area contributed by atoms with Gasteiger partial charge in [-0.25, -0.2) is 4.98 Å². The highest BCUT2D eigenvalue weighted by Crippen LogP contribution is 2.20. The van der Waals surface area contributed by atoms with Crippen LogP contribution in [0.4, 0.5) is 0 Å². The van der Waals surface area contributed by atoms with Gasteiger partial charge in [0.2, 0.25) is 0 Å². The summed E-state index contributed by atoms with van der Waals surface area (Å²) in [4.78, 5) is 4.73. The van der Waals surface area contributed by atoms with Crippen LogP contribution >= 0.6 is 0 Å². The predicted molar refractivity (Wildman–Crippen MR) is 76.6 cm³/mol. The summed E-state index contributed by atoms with van der Waals surface area (Å²) in [6.07, 6.45) is 0. The first-order chi connectivity index (χ1) is 8.50. The molecule has 2 rings (SSSR count). The predicted octanol–water partition coefficient (Wildman–Crippen LogP) is 3.27. The summed E-state index contributed by atoms with van der Waals surface area (Å²) >= 11 is 0. The lowest BCUT2D eigenvalue weighted by Gasteiger charge is -2.22. The van der Waals surface area contributed by atoms with E-state index in [1.807, 2.05) is 6.07 Å². The quantitative estimate of drug-likeness (QED) is 0.896. The minimum atomic E-state index is 0.264. The van der Waals surface area contributed by atoms with Crippen molar-refractivity contribution in [3.8, 4) is 0 Å². The molecule has 0 aliphatic carbocycles. The fourth-order valence-corrected chi connectivity index (χ4v) is 2.21. The van der Waals surface area contributed by atoms with Crippen LogP contribution in [0.1, 0.15) is 39.6 Å². The van der Waals surface area contributed by atoms with Crippen LogP contribution in [0.2, 0.25) is 0 Å². The molecular formula is C15H23N3. The van der Waals surface area contributed by atoms with E-state index in [4.69, 9.17) is 4.98 Å². The van der Waals surface area contributed by atoms with E-state index in [-0.39, 0.29) is 6.04 Å². The molecule has 0 aliphatic rings. The van der Waals surface area contributed by atoms with Crippen molar-refractivity contribution >= 4 is 11.0 Å². The molecule has 1 aromatic heterocycles. The van der Waals surface area contributed by atoms with Crippen molar-refractivity contribution in [2.75, 3.05) is 0 Å². The zero-order valence-electron chi connectivity index (χ0n) is 11.9. The first-order valence-electron chi connectivity index (χ1n) is 6.68. The molecule has 0 fully saturated rings. The number of nitrogens with one attached hydrogen (secondary N) is 1. The topological polar surface area (TPSA) is 29.9 Å². The van der Waals surface area contributed by atoms with Crippen LogP contribution in [0.25, 0.3) is 11.0 Å². The van der Waals surface area contributed by atoms with Gasteiger partial charge < -0.3 is 9.88 Å². The second-order valence-corrected chi connectivity index (χ2v) is 5.44. The Morgan fingerprint density at radius 1 is 1.11 bits per heavy atom. The Bertz CT molecular complexity index is 528. The molecule has 2 unspecified atom stereocenters. The molecule has 0 saturated heterocycles. The third kappa shape index (κ3) is 2.41. The number of aryl methyl sites for hydroxylation is 1. The highest BCUT2D eigenvalue weighted by Gasteiger charge is 2.17. The Morgan fingerprint density at radius 3 is 2.39 bits per heavy atom. The van der Waals surface area contributed by atoms with Crippen molar-refractivity contribution in [2.45, 2.75) is 39.8 Å². The summed E-state index contributed by atoms with van der Waals surface area (Å²) in [6, 6.07) is 9.03. The summed E-state index contributed by atoms with van der Waals surface area (Å²) in [6.45, 7) is 8.88. The number of aromatic nitrogens is 2. The third-order valence-corrected chi connectivity index (χ3v) is 3.72. The average molecular weight is 245 g/mol. The van der Waals surface area contributed by atoms with Crippen molar-refractivity contribution in [3.63, 3.8) is 0 Å². The van der Waals surface area contributed by atoms with Crippen molar-refractivity contribution in [1.82, 2.24) is 14.9 Å². The average Bonchev–Trinajstić information content (AvgIpc) is 2.67. The monoisotopic (exact) mass is 245 g/mol. The fourth-order valence-electron chi connectivity index (χ4n) is 2.21. The van der Waals surface area contributed by atoms with Gasteiger partial charge in [0.25, 0.3) is 0 Å². The van der Waals surface area contributed by atoms with E-state index in [2.05, 4.69) is 62.8 Å². The van der Waals surface area contributed by atoms with Crippen molar-refractivity contribution in [1.29, 1.82) is 0 Å². The van der Waals surface area contributed by atoms with E-state index >= 15 is 0 Å². The van der Waals surface area contributed by atoms with Gasteiger partial charge in [-0.05, 0) is 31.9 Å². The highest BCUT2D eigenvalue weighted by molar-refractivity contribution is 5.75. The molecule has 0 saturated carbocycles. The second-order valence-electron chi connectivity index (χ2n) is 5.44. The molecule has 98 valence electrons. The molecule has 18 heavy (non-hydrogen) atoms. The summed E-state index contributed by atoms with van der Waals surface area (Å²) in [5.74, 6) is 1.73. The lowest BCUT2D eigenvalue weighted by atomic mass is 10.1. The molecule has 0 aliphatic heterocycles. The van der Waals surface area contributed by atoms with Crippen LogP contribution in [0.3, 0.4) is 0 Å². The van der Waals surface area contributed by atoms with Crippen LogP contribution in [0.15, 0.2) is 24.3 Å². The van der Waals surface area contributed by atoms with Gasteiger partial charge in [-0.2, -0.15) is 0 Å². The first-order valence-corrected chi connectivity index (χ1v) is 6.68. The van der Waals surface area contributed by atoms with Gasteiger partial charge >= 0.3 is 0 Å². The number of nitrogens with zero attached hydrogens (tertiary/aromatic N) is 2. The molecule has 1 heterocycles. The van der Waals surface area contributed by atoms with E-state index in [1.54, 1.807) is 0 Å². The molecule has 2 atom stereocenters. The van der Waals surface area contributed by atoms with Crippen LogP contribution in [-0.2, 0) is 7.05 Å². The molecule has 3 heteroatoms. The molecule has 2 aromatic rings. The Labute approximate surface area is 109 Å². The Morgan fingerprint density at radius 2 is 1.78 bits per heavy atom. The normalized spacial score (nSPS) is 15.2. The summed E-state index contributed by atoms with van der Waals surface area (Å²) in [5.41, 5.74) is 2.26. The van der Waals surface area contributed by atoms with Crippen LogP contribution in [-0.4, -0.2) is 15.6 Å². The molecule has 1 N–H and O–H groups in total. The summed E-state index contributed by atoms with van der Waals surface area (Å²) < 4.78 is 2.18. The van der Waals surface area contributed by atoms with Gasteiger partial charge in [-0.15, -0.1) is 0 Å². The highest BCUT2D eigenvalue weighted by atomic mass is 15.1. The van der Waals surface area contributed by atoms with Crippen molar-refractivity contribution < 1.29 is 0 Å². The number of benzene rings is 1. The fraction of sp³-hybridized carbons (Fsp3) is 0.533. The Kier molecular flexibility index (Phi) is 3.71. The van der Waals surface area contributed by atoms with Crippen LogP contribution in [0, 0.1) is 5.92 Å². The molecule has 1 aromatic carbocycles. The number of hydrogen-bond acceptors (Lipinski definition) is 2. The van der Waals surface area contributed by atoms with Gasteiger partial charge in [0.1, 0.15) is 5.82 Å². The van der Waals surface area contributed by atoms with Crippen LogP contribution in [0.5, 0.6) is 0 Å². The number of imidazole rings is 1. The summed E-state index contributed by atoms with van der Waals surface area (Å²) in [7, 11) is 2.09. The Balaban J connectivity index is 2.28. The van der Waals surface area contributed by atoms with Gasteiger partial charge in [0.05, 0.1) is 17.1 Å². The lowest BCUT2D eigenvalue weighted by Crippen LogP contribution is -2.34. The standard InChI is InChI=1S/C15H23N3/c1-10(2)11(3)16-12(4)15-17-13-8-6-7-9-14(13)18(15)5/h6-12,16H,1-5H3. The van der Waals surface area contributed by atoms with E-state index in [0.29, 0.717) is 12.0 Å². The molecule has 0 bridgehead atoms. The van der Waals surface area contributed by atoms with E-state index in [9.17, 15) is 0 Å². The largest absolute Gasteiger partial charge is 0.330 e. The maximum atomic E-state index is 4.73. The number of fused-ring (bicyclic) bond motifs is 1. The SMILES string of the molecule is CC(NC(C)C(C)C)c1nc2ccccc2n1C. The lowest BCUT2D eigenvalue weighted by molar-refractivity contribution is 0.378. The molecular weight excluding hydrogens is 222 g/mol. The maximum absolute atomic E-state index is 4.73. The van der Waals surface area contributed by atoms with Crippen molar-refractivity contribution in [3.05, 3.63) is 30.1 Å². The van der Waals surface area contributed by atoms with Crippen LogP contribution < -0.4 is 5.32 Å². The van der Waals surface area contributed by atoms with Gasteiger partial charge in [0.15, 0.2) is 0 Å². The summed E-state index contributed by atoms with van der Waals surface area (Å²) in [5, 5.41) is 3.61. The zero-order valence-corrected chi connectivity index (χ0v) is 11.9. The third-order valence-electron chi connectivity index (χ3n) is 3.72. The van der Waals surface area contributed by atoms with Crippen molar-refractivity contribution in [2.24, 2.45) is 13.0 Å². The molecule has 3 nitrogen and oxygen atoms in total. The van der Waals surface area contributed by atoms with Gasteiger partial charge in [-0.1, -0.05) is 26.0 Å². The van der Waals surface area contributed by atoms with E-state index in [0.717, 1.165) is 11.3 Å². The maximum Gasteiger partial charge on any atom is 0.126 e. The molecule has 0 spiro atoms. The Hall–Kier alpha value is -1.35. The second kappa shape index (κ2) is 5.11. The number of rotatable bonds is 4.